The molecule has 2 amide bonds. The predicted octanol–water partition coefficient (Wildman–Crippen LogP) is 4.50. The molecule has 0 unspecified atom stereocenters. The van der Waals surface area contributed by atoms with E-state index in [-0.39, 0.29) is 17.4 Å². The number of halogens is 1. The van der Waals surface area contributed by atoms with Gasteiger partial charge in [-0.25, -0.2) is 9.82 Å². The number of amides is 2. The largest absolute Gasteiger partial charge is 0.326 e. The number of nitrogens with zero attached hydrogens (tertiary/aromatic N) is 1. The lowest BCUT2D eigenvalue weighted by atomic mass is 9.88. The molecule has 1 fully saturated rings. The van der Waals surface area contributed by atoms with Crippen molar-refractivity contribution >= 4 is 23.2 Å². The van der Waals surface area contributed by atoms with E-state index in [1.807, 2.05) is 24.3 Å². The average molecular weight is 381 g/mol. The van der Waals surface area contributed by atoms with Crippen LogP contribution in [0.5, 0.6) is 0 Å². The van der Waals surface area contributed by atoms with Crippen molar-refractivity contribution in [2.24, 2.45) is 11.0 Å². The summed E-state index contributed by atoms with van der Waals surface area (Å²) < 4.78 is 13.2. The molecule has 6 heteroatoms. The van der Waals surface area contributed by atoms with Crippen LogP contribution in [-0.4, -0.2) is 17.5 Å². The fourth-order valence-electron chi connectivity index (χ4n) is 3.30. The maximum absolute atomic E-state index is 13.2. The van der Waals surface area contributed by atoms with Crippen molar-refractivity contribution in [3.8, 4) is 0 Å². The molecule has 3 rings (SSSR count). The minimum absolute atomic E-state index is 0.0835. The monoisotopic (exact) mass is 381 g/mol. The van der Waals surface area contributed by atoms with Crippen LogP contribution >= 0.6 is 0 Å². The third-order valence-corrected chi connectivity index (χ3v) is 4.96. The van der Waals surface area contributed by atoms with Gasteiger partial charge in [0.15, 0.2) is 0 Å². The summed E-state index contributed by atoms with van der Waals surface area (Å²) in [6.45, 7) is 1.77. The number of carbonyl (C=O) groups is 2. The van der Waals surface area contributed by atoms with Gasteiger partial charge in [-0.2, -0.15) is 5.10 Å². The van der Waals surface area contributed by atoms with Gasteiger partial charge in [0.05, 0.1) is 5.71 Å². The number of nitrogens with one attached hydrogen (secondary N) is 2. The number of rotatable bonds is 5. The first-order valence-corrected chi connectivity index (χ1v) is 9.54. The van der Waals surface area contributed by atoms with Gasteiger partial charge in [0.1, 0.15) is 5.82 Å². The Labute approximate surface area is 164 Å². The van der Waals surface area contributed by atoms with E-state index in [0.29, 0.717) is 5.71 Å². The molecule has 1 aliphatic carbocycles. The first kappa shape index (κ1) is 19.7. The summed E-state index contributed by atoms with van der Waals surface area (Å²) >= 11 is 0. The molecule has 0 heterocycles. The van der Waals surface area contributed by atoms with E-state index in [1.165, 1.54) is 24.6 Å². The molecule has 1 aliphatic rings. The Morgan fingerprint density at radius 3 is 2.39 bits per heavy atom. The fourth-order valence-corrected chi connectivity index (χ4v) is 3.30. The minimum atomic E-state index is -0.477. The number of carbonyl (C=O) groups excluding carboxylic acids is 2. The number of hydrogen-bond acceptors (Lipinski definition) is 3. The first-order valence-electron chi connectivity index (χ1n) is 9.54. The maximum Gasteiger partial charge on any atom is 0.271 e. The zero-order valence-corrected chi connectivity index (χ0v) is 15.9. The van der Waals surface area contributed by atoms with Crippen LogP contribution in [0, 0.1) is 11.7 Å². The number of benzene rings is 2. The minimum Gasteiger partial charge on any atom is -0.326 e. The average Bonchev–Trinajstić information content (AvgIpc) is 2.73. The standard InChI is InChI=1S/C22H24FN3O2/c1-15(25-26-22(28)18-8-5-9-19(23)14-18)16-10-12-20(13-11-16)24-21(27)17-6-3-2-4-7-17/h5,8-14,17H,2-4,6-7H2,1H3,(H,24,27)(H,26,28). The molecule has 28 heavy (non-hydrogen) atoms. The predicted molar refractivity (Wildman–Crippen MR) is 108 cm³/mol. The molecule has 0 atom stereocenters. The third-order valence-electron chi connectivity index (χ3n) is 4.96. The lowest BCUT2D eigenvalue weighted by Crippen LogP contribution is -2.24. The summed E-state index contributed by atoms with van der Waals surface area (Å²) in [5.74, 6) is -0.760. The highest BCUT2D eigenvalue weighted by Gasteiger charge is 2.20. The van der Waals surface area contributed by atoms with Crippen molar-refractivity contribution in [3.63, 3.8) is 0 Å². The second-order valence-electron chi connectivity index (χ2n) is 7.05. The number of hydrazone groups is 1. The van der Waals surface area contributed by atoms with Crippen molar-refractivity contribution in [1.82, 2.24) is 5.43 Å². The van der Waals surface area contributed by atoms with Crippen molar-refractivity contribution < 1.29 is 14.0 Å². The smallest absolute Gasteiger partial charge is 0.271 e. The van der Waals surface area contributed by atoms with Gasteiger partial charge in [-0.05, 0) is 55.7 Å². The van der Waals surface area contributed by atoms with Gasteiger partial charge in [0, 0.05) is 17.2 Å². The van der Waals surface area contributed by atoms with Crippen LogP contribution in [0.4, 0.5) is 10.1 Å². The fraction of sp³-hybridized carbons (Fsp3) is 0.318. The second-order valence-corrected chi connectivity index (χ2v) is 7.05. The Bertz CT molecular complexity index is 872. The van der Waals surface area contributed by atoms with Gasteiger partial charge in [-0.15, -0.1) is 0 Å². The molecular formula is C22H24FN3O2. The maximum atomic E-state index is 13.2. The highest BCUT2D eigenvalue weighted by atomic mass is 19.1. The molecule has 0 aliphatic heterocycles. The van der Waals surface area contributed by atoms with Gasteiger partial charge >= 0.3 is 0 Å². The number of hydrogen-bond donors (Lipinski definition) is 2. The van der Waals surface area contributed by atoms with Crippen LogP contribution < -0.4 is 10.7 Å². The highest BCUT2D eigenvalue weighted by Crippen LogP contribution is 2.25. The molecule has 146 valence electrons. The van der Waals surface area contributed by atoms with Crippen LogP contribution in [0.2, 0.25) is 0 Å². The molecule has 1 saturated carbocycles. The van der Waals surface area contributed by atoms with Crippen molar-refractivity contribution in [3.05, 3.63) is 65.5 Å². The molecule has 2 aromatic rings. The van der Waals surface area contributed by atoms with E-state index in [1.54, 1.807) is 6.92 Å². The quantitative estimate of drug-likeness (QED) is 0.591. The van der Waals surface area contributed by atoms with Crippen LogP contribution in [-0.2, 0) is 4.79 Å². The third kappa shape index (κ3) is 5.25. The zero-order valence-electron chi connectivity index (χ0n) is 15.9. The molecule has 0 aromatic heterocycles. The molecular weight excluding hydrogens is 357 g/mol. The lowest BCUT2D eigenvalue weighted by Gasteiger charge is -2.20. The Balaban J connectivity index is 1.58. The van der Waals surface area contributed by atoms with Gasteiger partial charge in [-0.3, -0.25) is 9.59 Å². The van der Waals surface area contributed by atoms with Gasteiger partial charge in [0.25, 0.3) is 5.91 Å². The van der Waals surface area contributed by atoms with Crippen molar-refractivity contribution in [2.75, 3.05) is 5.32 Å². The summed E-state index contributed by atoms with van der Waals surface area (Å²) in [6, 6.07) is 12.7. The van der Waals surface area contributed by atoms with Gasteiger partial charge in [0.2, 0.25) is 5.91 Å². The van der Waals surface area contributed by atoms with Gasteiger partial charge < -0.3 is 5.32 Å². The molecule has 5 nitrogen and oxygen atoms in total. The van der Waals surface area contributed by atoms with Crippen LogP contribution in [0.1, 0.15) is 54.9 Å². The summed E-state index contributed by atoms with van der Waals surface area (Å²) in [5.41, 5.74) is 4.80. The molecule has 0 spiro atoms. The van der Waals surface area contributed by atoms with Crippen molar-refractivity contribution in [1.29, 1.82) is 0 Å². The number of anilines is 1. The summed E-state index contributed by atoms with van der Waals surface area (Å²) in [7, 11) is 0. The van der Waals surface area contributed by atoms with Gasteiger partial charge in [-0.1, -0.05) is 37.5 Å². The Morgan fingerprint density at radius 2 is 1.71 bits per heavy atom. The van der Waals surface area contributed by atoms with E-state index in [2.05, 4.69) is 15.8 Å². The Morgan fingerprint density at radius 1 is 1.00 bits per heavy atom. The summed E-state index contributed by atoms with van der Waals surface area (Å²) in [6.07, 6.45) is 5.37. The van der Waals surface area contributed by atoms with E-state index in [4.69, 9.17) is 0 Å². The van der Waals surface area contributed by atoms with Crippen LogP contribution in [0.3, 0.4) is 0 Å². The normalized spacial score (nSPS) is 15.1. The second kappa shape index (κ2) is 9.26. The van der Waals surface area contributed by atoms with Crippen LogP contribution in [0.15, 0.2) is 53.6 Å². The molecule has 2 N–H and O–H groups in total. The van der Waals surface area contributed by atoms with Crippen LogP contribution in [0.25, 0.3) is 0 Å². The summed E-state index contributed by atoms with van der Waals surface area (Å²) in [5, 5.41) is 7.04. The highest BCUT2D eigenvalue weighted by molar-refractivity contribution is 6.01. The SMILES string of the molecule is CC(=NNC(=O)c1cccc(F)c1)c1ccc(NC(=O)C2CCCCC2)cc1. The van der Waals surface area contributed by atoms with E-state index in [0.717, 1.165) is 43.0 Å². The van der Waals surface area contributed by atoms with E-state index >= 15 is 0 Å². The van der Waals surface area contributed by atoms with E-state index in [9.17, 15) is 14.0 Å². The Hall–Kier alpha value is -3.02. The topological polar surface area (TPSA) is 70.6 Å². The van der Waals surface area contributed by atoms with E-state index < -0.39 is 11.7 Å². The first-order chi connectivity index (χ1) is 13.5. The molecule has 2 aromatic carbocycles. The molecule has 0 saturated heterocycles. The molecule has 0 radical (unpaired) electrons. The molecule has 0 bridgehead atoms. The zero-order chi connectivity index (χ0) is 19.9. The lowest BCUT2D eigenvalue weighted by molar-refractivity contribution is -0.120. The summed E-state index contributed by atoms with van der Waals surface area (Å²) in [4.78, 5) is 24.3. The van der Waals surface area contributed by atoms with Crippen molar-refractivity contribution in [2.45, 2.75) is 39.0 Å². The Kier molecular flexibility index (Phi) is 6.53.